The Kier molecular flexibility index (Phi) is 5.70. The Hall–Kier alpha value is -3.68. The maximum Gasteiger partial charge on any atom is 0.257 e. The highest BCUT2D eigenvalue weighted by Gasteiger charge is 2.25. The largest absolute Gasteiger partial charge is 0.496 e. The van der Waals surface area contributed by atoms with E-state index >= 15 is 0 Å². The number of pyridine rings is 1. The number of rotatable bonds is 5. The maximum absolute atomic E-state index is 12.9. The number of ether oxygens (including phenoxy) is 3. The molecule has 0 atom stereocenters. The number of methoxy groups -OCH3 is 3. The van der Waals surface area contributed by atoms with Gasteiger partial charge >= 0.3 is 0 Å². The van der Waals surface area contributed by atoms with Gasteiger partial charge in [0.2, 0.25) is 0 Å². The van der Waals surface area contributed by atoms with Gasteiger partial charge in [0.15, 0.2) is 11.5 Å². The number of anilines is 2. The molecule has 3 aromatic rings. The molecule has 0 saturated carbocycles. The zero-order chi connectivity index (χ0) is 22.0. The number of hydrogen-bond acceptors (Lipinski definition) is 7. The number of piperazine rings is 1. The van der Waals surface area contributed by atoms with Gasteiger partial charge in [-0.2, -0.15) is 0 Å². The van der Waals surface area contributed by atoms with Gasteiger partial charge in [0.05, 0.1) is 32.4 Å². The van der Waals surface area contributed by atoms with Crippen LogP contribution in [0, 0.1) is 0 Å². The number of fused-ring (bicyclic) bond motifs is 1. The summed E-state index contributed by atoms with van der Waals surface area (Å²) in [6, 6.07) is 12.8. The van der Waals surface area contributed by atoms with Crippen molar-refractivity contribution < 1.29 is 19.0 Å². The molecular weight excluding hydrogens is 396 g/mol. The topological polar surface area (TPSA) is 90.2 Å². The van der Waals surface area contributed by atoms with Gasteiger partial charge in [-0.25, -0.2) is 4.98 Å². The summed E-state index contributed by atoms with van der Waals surface area (Å²) in [5.74, 6) is 2.55. The van der Waals surface area contributed by atoms with Gasteiger partial charge in [0, 0.05) is 49.4 Å². The Labute approximate surface area is 181 Å². The molecule has 0 unspecified atom stereocenters. The molecule has 1 fully saturated rings. The second kappa shape index (κ2) is 8.59. The second-order valence-corrected chi connectivity index (χ2v) is 7.27. The third-order valence-electron chi connectivity index (χ3n) is 5.56. The number of carbonyl (C=O) groups is 1. The number of nitrogens with zero attached hydrogens (tertiary/aromatic N) is 3. The minimum Gasteiger partial charge on any atom is -0.496 e. The fourth-order valence-electron chi connectivity index (χ4n) is 3.86. The van der Waals surface area contributed by atoms with Crippen molar-refractivity contribution in [3.8, 4) is 17.2 Å². The lowest BCUT2D eigenvalue weighted by Gasteiger charge is -2.35. The van der Waals surface area contributed by atoms with Crippen molar-refractivity contribution in [3.63, 3.8) is 0 Å². The van der Waals surface area contributed by atoms with Gasteiger partial charge in [0.1, 0.15) is 11.6 Å². The molecule has 1 amide bonds. The average molecular weight is 422 g/mol. The van der Waals surface area contributed by atoms with Crippen molar-refractivity contribution in [1.82, 2.24) is 9.88 Å². The predicted octanol–water partition coefficient (Wildman–Crippen LogP) is 2.81. The monoisotopic (exact) mass is 422 g/mol. The minimum atomic E-state index is -0.0279. The van der Waals surface area contributed by atoms with Gasteiger partial charge < -0.3 is 29.7 Å². The summed E-state index contributed by atoms with van der Waals surface area (Å²) in [5.41, 5.74) is 8.25. The molecule has 31 heavy (non-hydrogen) atoms. The summed E-state index contributed by atoms with van der Waals surface area (Å²) >= 11 is 0. The number of para-hydroxylation sites is 1. The van der Waals surface area contributed by atoms with E-state index in [-0.39, 0.29) is 5.91 Å². The standard InChI is InChI=1S/C23H26N4O4/c1-29-19-7-5-4-6-15(19)23(28)27-10-8-26(9-11-27)22-13-17(24)16-12-20(30-2)21(31-3)14-18(16)25-22/h4-7,12-14H,8-11H2,1-3H3,(H2,24,25). The van der Waals surface area contributed by atoms with Crippen LogP contribution >= 0.6 is 0 Å². The van der Waals surface area contributed by atoms with Crippen LogP contribution in [0.15, 0.2) is 42.5 Å². The summed E-state index contributed by atoms with van der Waals surface area (Å²) < 4.78 is 16.1. The molecule has 1 saturated heterocycles. The number of aromatic nitrogens is 1. The highest BCUT2D eigenvalue weighted by molar-refractivity contribution is 5.97. The van der Waals surface area contributed by atoms with E-state index in [1.54, 1.807) is 33.5 Å². The highest BCUT2D eigenvalue weighted by atomic mass is 16.5. The Morgan fingerprint density at radius 1 is 0.903 bits per heavy atom. The van der Waals surface area contributed by atoms with Gasteiger partial charge in [-0.15, -0.1) is 0 Å². The molecule has 0 bridgehead atoms. The first-order valence-corrected chi connectivity index (χ1v) is 10.0. The molecule has 2 heterocycles. The van der Waals surface area contributed by atoms with E-state index in [1.165, 1.54) is 0 Å². The van der Waals surface area contributed by atoms with Crippen LogP contribution in [0.3, 0.4) is 0 Å². The SMILES string of the molecule is COc1cc2nc(N3CCN(C(=O)c4ccccc4OC)CC3)cc(N)c2cc1OC. The summed E-state index contributed by atoms with van der Waals surface area (Å²) in [6.07, 6.45) is 0. The smallest absolute Gasteiger partial charge is 0.257 e. The van der Waals surface area contributed by atoms with E-state index in [4.69, 9.17) is 24.9 Å². The maximum atomic E-state index is 12.9. The van der Waals surface area contributed by atoms with Crippen molar-refractivity contribution in [1.29, 1.82) is 0 Å². The van der Waals surface area contributed by atoms with Crippen molar-refractivity contribution >= 4 is 28.3 Å². The number of hydrogen-bond donors (Lipinski definition) is 1. The van der Waals surface area contributed by atoms with E-state index < -0.39 is 0 Å². The molecule has 2 N–H and O–H groups in total. The van der Waals surface area contributed by atoms with E-state index in [9.17, 15) is 4.79 Å². The number of nitrogen functional groups attached to an aromatic ring is 1. The van der Waals surface area contributed by atoms with Crippen LogP contribution in [0.2, 0.25) is 0 Å². The quantitative estimate of drug-likeness (QED) is 0.676. The molecule has 0 aliphatic carbocycles. The van der Waals surface area contributed by atoms with Crippen LogP contribution in [0.4, 0.5) is 11.5 Å². The first-order valence-electron chi connectivity index (χ1n) is 10.0. The molecule has 1 aliphatic heterocycles. The molecule has 1 aromatic heterocycles. The predicted molar refractivity (Wildman–Crippen MR) is 120 cm³/mol. The zero-order valence-electron chi connectivity index (χ0n) is 17.9. The number of amides is 1. The summed E-state index contributed by atoms with van der Waals surface area (Å²) in [4.78, 5) is 21.7. The van der Waals surface area contributed by atoms with Crippen molar-refractivity contribution in [2.24, 2.45) is 0 Å². The molecule has 1 aliphatic rings. The Balaban J connectivity index is 1.54. The summed E-state index contributed by atoms with van der Waals surface area (Å²) in [6.45, 7) is 2.49. The molecule has 8 heteroatoms. The van der Waals surface area contributed by atoms with E-state index in [2.05, 4.69) is 4.90 Å². The molecule has 162 valence electrons. The van der Waals surface area contributed by atoms with Gasteiger partial charge in [-0.05, 0) is 18.2 Å². The van der Waals surface area contributed by atoms with E-state index in [1.807, 2.05) is 35.2 Å². The number of nitrogens with two attached hydrogens (primary N) is 1. The fraction of sp³-hybridized carbons (Fsp3) is 0.304. The molecule has 0 radical (unpaired) electrons. The Bertz CT molecular complexity index is 1110. The minimum absolute atomic E-state index is 0.0279. The molecule has 0 spiro atoms. The second-order valence-electron chi connectivity index (χ2n) is 7.27. The van der Waals surface area contributed by atoms with Crippen LogP contribution in [-0.4, -0.2) is 63.3 Å². The first kappa shape index (κ1) is 20.6. The fourth-order valence-corrected chi connectivity index (χ4v) is 3.86. The number of carbonyl (C=O) groups excluding carboxylic acids is 1. The van der Waals surface area contributed by atoms with E-state index in [0.29, 0.717) is 54.7 Å². The first-order chi connectivity index (χ1) is 15.0. The lowest BCUT2D eigenvalue weighted by molar-refractivity contribution is 0.0743. The molecule has 2 aromatic carbocycles. The summed E-state index contributed by atoms with van der Waals surface area (Å²) in [5, 5.41) is 0.811. The molecule has 8 nitrogen and oxygen atoms in total. The van der Waals surface area contributed by atoms with Gasteiger partial charge in [0.25, 0.3) is 5.91 Å². The van der Waals surface area contributed by atoms with Crippen LogP contribution in [0.5, 0.6) is 17.2 Å². The average Bonchev–Trinajstić information content (AvgIpc) is 2.82. The van der Waals surface area contributed by atoms with Crippen LogP contribution < -0.4 is 24.8 Å². The van der Waals surface area contributed by atoms with Gasteiger partial charge in [-0.1, -0.05) is 12.1 Å². The normalized spacial score (nSPS) is 13.9. The van der Waals surface area contributed by atoms with Crippen LogP contribution in [-0.2, 0) is 0 Å². The molecular formula is C23H26N4O4. The number of benzene rings is 2. The summed E-state index contributed by atoms with van der Waals surface area (Å²) in [7, 11) is 4.76. The molecule has 4 rings (SSSR count). The Morgan fingerprint density at radius 2 is 1.55 bits per heavy atom. The third kappa shape index (κ3) is 3.88. The zero-order valence-corrected chi connectivity index (χ0v) is 17.9. The van der Waals surface area contributed by atoms with Crippen molar-refractivity contribution in [2.45, 2.75) is 0 Å². The van der Waals surface area contributed by atoms with Crippen molar-refractivity contribution in [3.05, 3.63) is 48.0 Å². The van der Waals surface area contributed by atoms with Crippen LogP contribution in [0.1, 0.15) is 10.4 Å². The van der Waals surface area contributed by atoms with E-state index in [0.717, 1.165) is 16.7 Å². The highest BCUT2D eigenvalue weighted by Crippen LogP contribution is 2.35. The lowest BCUT2D eigenvalue weighted by atomic mass is 10.1. The van der Waals surface area contributed by atoms with Crippen molar-refractivity contribution in [2.75, 3.05) is 58.1 Å². The Morgan fingerprint density at radius 3 is 2.23 bits per heavy atom. The lowest BCUT2D eigenvalue weighted by Crippen LogP contribution is -2.49. The van der Waals surface area contributed by atoms with Gasteiger partial charge in [-0.3, -0.25) is 4.79 Å². The third-order valence-corrected chi connectivity index (χ3v) is 5.56. The van der Waals surface area contributed by atoms with Crippen LogP contribution in [0.25, 0.3) is 10.9 Å².